The number of piperidine rings is 1. The number of aromatic nitrogens is 3. The summed E-state index contributed by atoms with van der Waals surface area (Å²) < 4.78 is 6.24. The molecule has 7 heteroatoms. The van der Waals surface area contributed by atoms with Gasteiger partial charge in [0.1, 0.15) is 5.01 Å². The zero-order valence-corrected chi connectivity index (χ0v) is 13.8. The number of ether oxygens (including phenoxy) is 1. The normalized spacial score (nSPS) is 28.3. The van der Waals surface area contributed by atoms with Crippen LogP contribution < -0.4 is 5.32 Å². The van der Waals surface area contributed by atoms with Crippen molar-refractivity contribution in [3.05, 3.63) is 35.0 Å². The molecule has 6 nitrogen and oxygen atoms in total. The first-order chi connectivity index (χ1) is 11.3. The molecule has 0 aliphatic carbocycles. The van der Waals surface area contributed by atoms with Crippen molar-refractivity contribution < 1.29 is 4.74 Å². The van der Waals surface area contributed by atoms with Crippen molar-refractivity contribution in [3.63, 3.8) is 0 Å². The Kier molecular flexibility index (Phi) is 4.24. The van der Waals surface area contributed by atoms with Gasteiger partial charge in [0.2, 0.25) is 5.95 Å². The summed E-state index contributed by atoms with van der Waals surface area (Å²) in [4.78, 5) is 15.4. The zero-order chi connectivity index (χ0) is 15.5. The van der Waals surface area contributed by atoms with E-state index >= 15 is 0 Å². The van der Waals surface area contributed by atoms with E-state index in [2.05, 4.69) is 25.2 Å². The number of hydrogen-bond donors (Lipinski definition) is 1. The molecule has 1 spiro atoms. The number of nitrogens with zero attached hydrogens (tertiary/aromatic N) is 4. The smallest absolute Gasteiger partial charge is 0.222 e. The van der Waals surface area contributed by atoms with Gasteiger partial charge in [-0.25, -0.2) is 15.0 Å². The molecule has 0 amide bonds. The lowest BCUT2D eigenvalue weighted by Crippen LogP contribution is -2.47. The van der Waals surface area contributed by atoms with E-state index < -0.39 is 0 Å². The Morgan fingerprint density at radius 2 is 2.22 bits per heavy atom. The van der Waals surface area contributed by atoms with E-state index in [1.54, 1.807) is 23.7 Å². The Morgan fingerprint density at radius 1 is 1.30 bits per heavy atom. The molecule has 2 aromatic rings. The van der Waals surface area contributed by atoms with Crippen molar-refractivity contribution in [3.8, 4) is 0 Å². The molecule has 2 aliphatic heterocycles. The van der Waals surface area contributed by atoms with Gasteiger partial charge in [-0.15, -0.1) is 11.3 Å². The van der Waals surface area contributed by atoms with Gasteiger partial charge in [0, 0.05) is 36.9 Å². The highest BCUT2D eigenvalue weighted by atomic mass is 32.1. The van der Waals surface area contributed by atoms with Gasteiger partial charge in [-0.1, -0.05) is 0 Å². The molecule has 0 aromatic carbocycles. The summed E-state index contributed by atoms with van der Waals surface area (Å²) in [5.74, 6) is 0.689. The topological polar surface area (TPSA) is 63.2 Å². The second-order valence-electron chi connectivity index (χ2n) is 6.35. The molecule has 2 unspecified atom stereocenters. The molecule has 2 atom stereocenters. The summed E-state index contributed by atoms with van der Waals surface area (Å²) in [5.41, 5.74) is -0.0258. The molecular formula is C16H21N5OS. The lowest BCUT2D eigenvalue weighted by molar-refractivity contribution is -0.0533. The fraction of sp³-hybridized carbons (Fsp3) is 0.562. The van der Waals surface area contributed by atoms with E-state index in [1.807, 2.05) is 17.6 Å². The average molecular weight is 331 g/mol. The van der Waals surface area contributed by atoms with Gasteiger partial charge in [-0.2, -0.15) is 0 Å². The fourth-order valence-electron chi connectivity index (χ4n) is 3.63. The summed E-state index contributed by atoms with van der Waals surface area (Å²) in [6.45, 7) is 3.77. The lowest BCUT2D eigenvalue weighted by Gasteiger charge is -2.39. The molecule has 2 fully saturated rings. The predicted octanol–water partition coefficient (Wildman–Crippen LogP) is 2.17. The van der Waals surface area contributed by atoms with Crippen LogP contribution in [0.1, 0.15) is 24.3 Å². The van der Waals surface area contributed by atoms with Crippen LogP contribution in [0.3, 0.4) is 0 Å². The van der Waals surface area contributed by atoms with Crippen molar-refractivity contribution in [2.45, 2.75) is 37.5 Å². The third-order valence-electron chi connectivity index (χ3n) is 4.57. The van der Waals surface area contributed by atoms with Crippen LogP contribution in [0.5, 0.6) is 0 Å². The van der Waals surface area contributed by atoms with Crippen molar-refractivity contribution >= 4 is 17.3 Å². The predicted molar refractivity (Wildman–Crippen MR) is 89.4 cm³/mol. The second kappa shape index (κ2) is 6.51. The molecule has 0 saturated carbocycles. The van der Waals surface area contributed by atoms with Crippen LogP contribution in [0.4, 0.5) is 5.95 Å². The Hall–Kier alpha value is -1.57. The van der Waals surface area contributed by atoms with E-state index in [9.17, 15) is 0 Å². The third kappa shape index (κ3) is 3.52. The Morgan fingerprint density at radius 3 is 3.04 bits per heavy atom. The third-order valence-corrected chi connectivity index (χ3v) is 5.33. The number of hydrogen-bond acceptors (Lipinski definition) is 7. The molecule has 0 bridgehead atoms. The number of anilines is 1. The van der Waals surface area contributed by atoms with Gasteiger partial charge in [-0.05, 0) is 25.5 Å². The lowest BCUT2D eigenvalue weighted by atomic mass is 9.88. The zero-order valence-electron chi connectivity index (χ0n) is 13.0. The van der Waals surface area contributed by atoms with Gasteiger partial charge in [0.25, 0.3) is 0 Å². The standard InChI is InChI=1S/C16H21N5OS/c1-3-16(12-21(7-1)10-14-17-6-8-23-14)9-13(11-22-16)20-15-18-4-2-5-19-15/h2,4-6,8,13H,1,3,7,9-12H2,(H,18,19,20). The first-order valence-corrected chi connectivity index (χ1v) is 8.98. The first kappa shape index (κ1) is 15.0. The molecule has 1 N–H and O–H groups in total. The maximum Gasteiger partial charge on any atom is 0.222 e. The van der Waals surface area contributed by atoms with Gasteiger partial charge in [0.15, 0.2) is 0 Å². The van der Waals surface area contributed by atoms with Crippen LogP contribution >= 0.6 is 11.3 Å². The monoisotopic (exact) mass is 331 g/mol. The average Bonchev–Trinajstić information content (AvgIpc) is 3.19. The highest BCUT2D eigenvalue weighted by molar-refractivity contribution is 7.09. The summed E-state index contributed by atoms with van der Waals surface area (Å²) in [5, 5.41) is 6.63. The summed E-state index contributed by atoms with van der Waals surface area (Å²) in [6, 6.07) is 2.12. The minimum absolute atomic E-state index is 0.0258. The maximum absolute atomic E-state index is 6.24. The highest BCUT2D eigenvalue weighted by Crippen LogP contribution is 2.36. The van der Waals surface area contributed by atoms with Crippen molar-refractivity contribution in [1.82, 2.24) is 19.9 Å². The minimum atomic E-state index is -0.0258. The second-order valence-corrected chi connectivity index (χ2v) is 7.33. The Labute approximate surface area is 139 Å². The van der Waals surface area contributed by atoms with E-state index in [-0.39, 0.29) is 11.6 Å². The van der Waals surface area contributed by atoms with Crippen LogP contribution in [0, 0.1) is 0 Å². The van der Waals surface area contributed by atoms with Crippen LogP contribution in [0.2, 0.25) is 0 Å². The van der Waals surface area contributed by atoms with Gasteiger partial charge >= 0.3 is 0 Å². The molecule has 2 saturated heterocycles. The first-order valence-electron chi connectivity index (χ1n) is 8.10. The number of thiazole rings is 1. The molecular weight excluding hydrogens is 310 g/mol. The molecule has 4 rings (SSSR count). The Bertz CT molecular complexity index is 623. The molecule has 2 aromatic heterocycles. The van der Waals surface area contributed by atoms with Crippen LogP contribution in [-0.4, -0.2) is 51.2 Å². The van der Waals surface area contributed by atoms with Crippen molar-refractivity contribution in [1.29, 1.82) is 0 Å². The van der Waals surface area contributed by atoms with E-state index in [1.165, 1.54) is 11.4 Å². The molecule has 0 radical (unpaired) electrons. The van der Waals surface area contributed by atoms with E-state index in [0.717, 1.165) is 39.1 Å². The van der Waals surface area contributed by atoms with Gasteiger partial charge in [0.05, 0.1) is 24.8 Å². The van der Waals surface area contributed by atoms with Crippen molar-refractivity contribution in [2.24, 2.45) is 0 Å². The van der Waals surface area contributed by atoms with E-state index in [0.29, 0.717) is 5.95 Å². The van der Waals surface area contributed by atoms with Crippen molar-refractivity contribution in [2.75, 3.05) is 25.0 Å². The fourth-order valence-corrected chi connectivity index (χ4v) is 4.28. The number of rotatable bonds is 4. The summed E-state index contributed by atoms with van der Waals surface area (Å²) >= 11 is 1.73. The number of nitrogens with one attached hydrogen (secondary N) is 1. The van der Waals surface area contributed by atoms with Crippen LogP contribution in [0.15, 0.2) is 30.0 Å². The van der Waals surface area contributed by atoms with Crippen LogP contribution in [0.25, 0.3) is 0 Å². The minimum Gasteiger partial charge on any atom is -0.371 e. The van der Waals surface area contributed by atoms with E-state index in [4.69, 9.17) is 4.74 Å². The van der Waals surface area contributed by atoms with Gasteiger partial charge in [-0.3, -0.25) is 4.90 Å². The number of likely N-dealkylation sites (tertiary alicyclic amines) is 1. The molecule has 122 valence electrons. The largest absolute Gasteiger partial charge is 0.371 e. The molecule has 2 aliphatic rings. The van der Waals surface area contributed by atoms with Gasteiger partial charge < -0.3 is 10.1 Å². The highest BCUT2D eigenvalue weighted by Gasteiger charge is 2.43. The summed E-state index contributed by atoms with van der Waals surface area (Å²) in [7, 11) is 0. The quantitative estimate of drug-likeness (QED) is 0.926. The van der Waals surface area contributed by atoms with Crippen LogP contribution in [-0.2, 0) is 11.3 Å². The SMILES string of the molecule is c1cnc(NC2COC3(CCCN(Cc4nccs4)C3)C2)nc1. The Balaban J connectivity index is 1.37. The summed E-state index contributed by atoms with van der Waals surface area (Å²) in [6.07, 6.45) is 8.73. The molecule has 4 heterocycles. The molecule has 23 heavy (non-hydrogen) atoms. The maximum atomic E-state index is 6.24.